The minimum atomic E-state index is 0.219. The first kappa shape index (κ1) is 10.4. The first-order chi connectivity index (χ1) is 6.97. The van der Waals surface area contributed by atoms with Crippen molar-refractivity contribution in [1.29, 1.82) is 0 Å². The lowest BCUT2D eigenvalue weighted by Gasteiger charge is -2.19. The van der Waals surface area contributed by atoms with Crippen LogP contribution in [0.4, 0.5) is 0 Å². The summed E-state index contributed by atoms with van der Waals surface area (Å²) in [6.07, 6.45) is 3.61. The Balaban J connectivity index is 2.60. The van der Waals surface area contributed by atoms with Crippen LogP contribution in [-0.4, -0.2) is 14.5 Å². The number of imidazole rings is 1. The van der Waals surface area contributed by atoms with E-state index >= 15 is 0 Å². The molecule has 0 saturated heterocycles. The molecule has 2 heterocycles. The number of hydrogen-bond donors (Lipinski definition) is 1. The molecule has 0 atom stereocenters. The highest BCUT2D eigenvalue weighted by Crippen LogP contribution is 2.20. The van der Waals surface area contributed by atoms with E-state index in [2.05, 4.69) is 35.3 Å². The Bertz CT molecular complexity index is 530. The van der Waals surface area contributed by atoms with Gasteiger partial charge in [0.15, 0.2) is 4.77 Å². The van der Waals surface area contributed by atoms with E-state index < -0.39 is 0 Å². The number of hydrogen-bond acceptors (Lipinski definition) is 2. The number of fused-ring (bicyclic) bond motifs is 1. The van der Waals surface area contributed by atoms with Crippen LogP contribution in [0.25, 0.3) is 11.0 Å². The van der Waals surface area contributed by atoms with Crippen LogP contribution >= 0.6 is 12.2 Å². The van der Waals surface area contributed by atoms with E-state index in [-0.39, 0.29) is 5.41 Å². The summed E-state index contributed by atoms with van der Waals surface area (Å²) in [6.45, 7) is 7.52. The highest BCUT2D eigenvalue weighted by atomic mass is 32.1. The quantitative estimate of drug-likeness (QED) is 0.750. The molecule has 2 aromatic rings. The van der Waals surface area contributed by atoms with Crippen molar-refractivity contribution in [3.8, 4) is 0 Å². The van der Waals surface area contributed by atoms with Crippen LogP contribution in [0.5, 0.6) is 0 Å². The lowest BCUT2D eigenvalue weighted by atomic mass is 9.97. The monoisotopic (exact) mass is 221 g/mol. The van der Waals surface area contributed by atoms with Gasteiger partial charge >= 0.3 is 0 Å². The molecule has 0 fully saturated rings. The van der Waals surface area contributed by atoms with Gasteiger partial charge < -0.3 is 9.55 Å². The van der Waals surface area contributed by atoms with Gasteiger partial charge in [-0.2, -0.15) is 0 Å². The zero-order valence-corrected chi connectivity index (χ0v) is 10.1. The molecule has 0 aliphatic carbocycles. The minimum absolute atomic E-state index is 0.219. The number of H-pyrrole nitrogens is 1. The van der Waals surface area contributed by atoms with Crippen molar-refractivity contribution in [1.82, 2.24) is 14.5 Å². The number of nitrogens with one attached hydrogen (secondary N) is 1. The van der Waals surface area contributed by atoms with E-state index in [9.17, 15) is 0 Å². The second-order valence-corrected chi connectivity index (χ2v) is 5.36. The largest absolute Gasteiger partial charge is 0.329 e. The number of aromatic nitrogens is 3. The molecular weight excluding hydrogens is 206 g/mol. The van der Waals surface area contributed by atoms with Crippen molar-refractivity contribution in [2.45, 2.75) is 27.3 Å². The Morgan fingerprint density at radius 2 is 2.20 bits per heavy atom. The van der Waals surface area contributed by atoms with E-state index in [1.165, 1.54) is 0 Å². The summed E-state index contributed by atoms with van der Waals surface area (Å²) in [5.74, 6) is 0. The van der Waals surface area contributed by atoms with E-state index in [0.717, 1.165) is 22.3 Å². The lowest BCUT2D eigenvalue weighted by Crippen LogP contribution is -2.15. The topological polar surface area (TPSA) is 33.6 Å². The molecule has 0 unspecified atom stereocenters. The van der Waals surface area contributed by atoms with Gasteiger partial charge in [0.1, 0.15) is 0 Å². The fourth-order valence-electron chi connectivity index (χ4n) is 1.64. The predicted octanol–water partition coefficient (Wildman–Crippen LogP) is 3.14. The maximum Gasteiger partial charge on any atom is 0.178 e. The summed E-state index contributed by atoms with van der Waals surface area (Å²) in [7, 11) is 0. The zero-order chi connectivity index (χ0) is 11.1. The molecule has 0 radical (unpaired) electrons. The summed E-state index contributed by atoms with van der Waals surface area (Å²) >= 11 is 5.30. The molecule has 0 amide bonds. The first-order valence-corrected chi connectivity index (χ1v) is 5.41. The predicted molar refractivity (Wildman–Crippen MR) is 64.4 cm³/mol. The molecule has 80 valence electrons. The van der Waals surface area contributed by atoms with Gasteiger partial charge in [-0.1, -0.05) is 20.8 Å². The highest BCUT2D eigenvalue weighted by molar-refractivity contribution is 7.71. The third kappa shape index (κ3) is 2.09. The molecular formula is C11H15N3S. The van der Waals surface area contributed by atoms with Gasteiger partial charge in [-0.15, -0.1) is 0 Å². The smallest absolute Gasteiger partial charge is 0.178 e. The van der Waals surface area contributed by atoms with Crippen molar-refractivity contribution in [3.63, 3.8) is 0 Å². The van der Waals surface area contributed by atoms with Gasteiger partial charge in [0.25, 0.3) is 0 Å². The van der Waals surface area contributed by atoms with Gasteiger partial charge in [0, 0.05) is 12.7 Å². The second-order valence-electron chi connectivity index (χ2n) is 4.97. The number of rotatable bonds is 1. The molecule has 0 aliphatic rings. The van der Waals surface area contributed by atoms with Gasteiger partial charge in [0.2, 0.25) is 0 Å². The third-order valence-corrected chi connectivity index (χ3v) is 2.53. The van der Waals surface area contributed by atoms with E-state index in [1.54, 1.807) is 6.20 Å². The second kappa shape index (κ2) is 3.45. The average molecular weight is 221 g/mol. The molecule has 0 saturated carbocycles. The molecule has 15 heavy (non-hydrogen) atoms. The molecule has 2 aromatic heterocycles. The fourth-order valence-corrected chi connectivity index (χ4v) is 1.92. The van der Waals surface area contributed by atoms with Crippen LogP contribution in [0.1, 0.15) is 20.8 Å². The summed E-state index contributed by atoms with van der Waals surface area (Å²) in [4.78, 5) is 7.24. The van der Waals surface area contributed by atoms with E-state index in [4.69, 9.17) is 12.2 Å². The average Bonchev–Trinajstić information content (AvgIpc) is 2.41. The van der Waals surface area contributed by atoms with Crippen LogP contribution in [-0.2, 0) is 6.54 Å². The first-order valence-electron chi connectivity index (χ1n) is 5.00. The van der Waals surface area contributed by atoms with Crippen LogP contribution in [0.2, 0.25) is 0 Å². The number of nitrogens with zero attached hydrogens (tertiary/aromatic N) is 2. The maximum absolute atomic E-state index is 5.30. The van der Waals surface area contributed by atoms with Gasteiger partial charge in [-0.05, 0) is 23.7 Å². The Kier molecular flexibility index (Phi) is 2.38. The standard InChI is InChI=1S/C11H15N3S/c1-11(2,3)7-14-9-4-5-12-6-8(9)13-10(14)15/h4-6H,7H2,1-3H3,(H,13,15). The molecule has 0 bridgehead atoms. The van der Waals surface area contributed by atoms with Crippen LogP contribution in [0, 0.1) is 10.2 Å². The Morgan fingerprint density at radius 3 is 2.87 bits per heavy atom. The number of pyridine rings is 1. The van der Waals surface area contributed by atoms with Crippen molar-refractivity contribution >= 4 is 23.3 Å². The summed E-state index contributed by atoms with van der Waals surface area (Å²) in [5.41, 5.74) is 2.35. The molecule has 0 aliphatic heterocycles. The van der Waals surface area contributed by atoms with Crippen molar-refractivity contribution in [2.75, 3.05) is 0 Å². The SMILES string of the molecule is CC(C)(C)Cn1c(=S)[nH]c2cnccc21. The van der Waals surface area contributed by atoms with Crippen LogP contribution in [0.15, 0.2) is 18.5 Å². The summed E-state index contributed by atoms with van der Waals surface area (Å²) in [5, 5.41) is 0. The maximum atomic E-state index is 5.30. The van der Waals surface area contributed by atoms with Gasteiger partial charge in [0.05, 0.1) is 17.2 Å². The van der Waals surface area contributed by atoms with Gasteiger partial charge in [-0.3, -0.25) is 4.98 Å². The van der Waals surface area contributed by atoms with E-state index in [0.29, 0.717) is 0 Å². The third-order valence-electron chi connectivity index (χ3n) is 2.21. The van der Waals surface area contributed by atoms with Gasteiger partial charge in [-0.25, -0.2) is 0 Å². The highest BCUT2D eigenvalue weighted by Gasteiger charge is 2.14. The van der Waals surface area contributed by atoms with Crippen molar-refractivity contribution < 1.29 is 0 Å². The molecule has 4 heteroatoms. The molecule has 2 rings (SSSR count). The minimum Gasteiger partial charge on any atom is -0.329 e. The number of aromatic amines is 1. The Hall–Kier alpha value is -1.16. The zero-order valence-electron chi connectivity index (χ0n) is 9.24. The van der Waals surface area contributed by atoms with Crippen LogP contribution in [0.3, 0.4) is 0 Å². The Morgan fingerprint density at radius 1 is 1.47 bits per heavy atom. The molecule has 0 spiro atoms. The van der Waals surface area contributed by atoms with Crippen LogP contribution < -0.4 is 0 Å². The molecule has 3 nitrogen and oxygen atoms in total. The summed E-state index contributed by atoms with van der Waals surface area (Å²) < 4.78 is 2.90. The summed E-state index contributed by atoms with van der Waals surface area (Å²) in [6, 6.07) is 1.99. The molecule has 0 aromatic carbocycles. The van der Waals surface area contributed by atoms with Crippen molar-refractivity contribution in [2.24, 2.45) is 5.41 Å². The fraction of sp³-hybridized carbons (Fsp3) is 0.455. The molecule has 1 N–H and O–H groups in total. The van der Waals surface area contributed by atoms with E-state index in [1.807, 2.05) is 12.3 Å². The lowest BCUT2D eigenvalue weighted by molar-refractivity contribution is 0.346. The normalized spacial score (nSPS) is 12.2. The van der Waals surface area contributed by atoms with Crippen molar-refractivity contribution in [3.05, 3.63) is 23.2 Å². The Labute approximate surface area is 94.2 Å².